The van der Waals surface area contributed by atoms with Crippen molar-refractivity contribution in [2.24, 2.45) is 0 Å². The monoisotopic (exact) mass is 661 g/mol. The van der Waals surface area contributed by atoms with Crippen molar-refractivity contribution in [3.8, 4) is 0 Å². The molecule has 10 nitrogen and oxygen atoms in total. The number of piperazine rings is 1. The van der Waals surface area contributed by atoms with Gasteiger partial charge in [0, 0.05) is 51.7 Å². The molecule has 0 radical (unpaired) electrons. The second kappa shape index (κ2) is 12.7. The number of piperidine rings is 1. The Morgan fingerprint density at radius 1 is 1.05 bits per heavy atom. The Morgan fingerprint density at radius 2 is 1.77 bits per heavy atom. The molecule has 3 aliphatic rings. The predicted molar refractivity (Wildman–Crippen MR) is 155 cm³/mol. The highest BCUT2D eigenvalue weighted by Crippen LogP contribution is 2.42. The van der Waals surface area contributed by atoms with Crippen molar-refractivity contribution in [1.82, 2.24) is 19.8 Å². The van der Waals surface area contributed by atoms with E-state index in [9.17, 15) is 36.0 Å². The number of hydrogen-bond acceptors (Lipinski definition) is 7. The minimum absolute atomic E-state index is 0.0194. The second-order valence-electron chi connectivity index (χ2n) is 10.7. The van der Waals surface area contributed by atoms with Crippen LogP contribution in [0.3, 0.4) is 0 Å². The lowest BCUT2D eigenvalue weighted by molar-refractivity contribution is -0.139. The largest absolute Gasteiger partial charge is 0.419 e. The Labute approximate surface area is 256 Å². The van der Waals surface area contributed by atoms with Crippen LogP contribution in [0.25, 0.3) is 0 Å². The molecule has 234 valence electrons. The van der Waals surface area contributed by atoms with Crippen LogP contribution in [0.15, 0.2) is 35.2 Å². The van der Waals surface area contributed by atoms with E-state index in [1.54, 1.807) is 0 Å². The fourth-order valence-electron chi connectivity index (χ4n) is 5.43. The quantitative estimate of drug-likeness (QED) is 0.426. The van der Waals surface area contributed by atoms with E-state index in [0.29, 0.717) is 49.4 Å². The number of carbonyl (C=O) groups excluding carboxylic acids is 3. The molecular weight excluding hydrogens is 631 g/mol. The summed E-state index contributed by atoms with van der Waals surface area (Å²) in [6.45, 7) is 1.29. The number of carbonyl (C=O) groups is 3. The van der Waals surface area contributed by atoms with Gasteiger partial charge >= 0.3 is 6.18 Å². The number of nitrogens with one attached hydrogen (secondary N) is 2. The molecule has 3 fully saturated rings. The summed E-state index contributed by atoms with van der Waals surface area (Å²) in [6, 6.07) is 4.84. The zero-order chi connectivity index (χ0) is 30.9. The van der Waals surface area contributed by atoms with Crippen LogP contribution >= 0.6 is 22.9 Å². The number of anilines is 1. The zero-order valence-corrected chi connectivity index (χ0v) is 25.4. The number of benzene rings is 1. The van der Waals surface area contributed by atoms with Gasteiger partial charge < -0.3 is 15.1 Å². The average Bonchev–Trinajstić information content (AvgIpc) is 3.73. The van der Waals surface area contributed by atoms with Crippen LogP contribution in [0, 0.1) is 0 Å². The van der Waals surface area contributed by atoms with Crippen LogP contribution in [0.2, 0.25) is 4.34 Å². The first-order chi connectivity index (χ1) is 20.3. The van der Waals surface area contributed by atoms with Crippen molar-refractivity contribution >= 4 is 56.4 Å². The molecule has 1 aliphatic carbocycles. The molecule has 0 spiro atoms. The first-order valence-electron chi connectivity index (χ1n) is 13.9. The van der Waals surface area contributed by atoms with E-state index in [-0.39, 0.29) is 17.8 Å². The number of halogens is 4. The molecule has 2 N–H and O–H groups in total. The van der Waals surface area contributed by atoms with Gasteiger partial charge in [-0.05, 0) is 49.9 Å². The summed E-state index contributed by atoms with van der Waals surface area (Å²) in [6.07, 6.45) is -1.93. The molecule has 0 unspecified atom stereocenters. The molecule has 1 aromatic carbocycles. The van der Waals surface area contributed by atoms with Crippen molar-refractivity contribution in [1.29, 1.82) is 0 Å². The van der Waals surface area contributed by atoms with Crippen LogP contribution in [-0.2, 0) is 25.8 Å². The van der Waals surface area contributed by atoms with E-state index in [2.05, 4.69) is 14.9 Å². The number of thiophene rings is 1. The third-order valence-corrected chi connectivity index (χ3v) is 10.5. The summed E-state index contributed by atoms with van der Waals surface area (Å²) < 4.78 is 73.3. The minimum Gasteiger partial charge on any atom is -0.349 e. The van der Waals surface area contributed by atoms with Crippen LogP contribution in [-0.4, -0.2) is 87.3 Å². The number of sulfonamides is 1. The van der Waals surface area contributed by atoms with Crippen molar-refractivity contribution in [3.05, 3.63) is 45.1 Å². The molecule has 43 heavy (non-hydrogen) atoms. The summed E-state index contributed by atoms with van der Waals surface area (Å²) in [7, 11) is -4.99. The van der Waals surface area contributed by atoms with Gasteiger partial charge in [0.05, 0.1) is 25.4 Å². The van der Waals surface area contributed by atoms with Gasteiger partial charge in [-0.25, -0.2) is 8.42 Å². The highest BCUT2D eigenvalue weighted by molar-refractivity contribution is 7.89. The van der Waals surface area contributed by atoms with Gasteiger partial charge in [0.1, 0.15) is 6.04 Å². The van der Waals surface area contributed by atoms with Crippen molar-refractivity contribution in [3.63, 3.8) is 0 Å². The van der Waals surface area contributed by atoms with E-state index in [1.807, 2.05) is 0 Å². The van der Waals surface area contributed by atoms with Gasteiger partial charge in [-0.15, -0.1) is 11.3 Å². The maximum absolute atomic E-state index is 14.5. The summed E-state index contributed by atoms with van der Waals surface area (Å²) in [4.78, 5) is 42.6. The van der Waals surface area contributed by atoms with Gasteiger partial charge in [-0.3, -0.25) is 19.3 Å². The fourth-order valence-corrected chi connectivity index (χ4v) is 7.82. The Balaban J connectivity index is 1.43. The maximum Gasteiger partial charge on any atom is 0.419 e. The minimum atomic E-state index is -5.14. The molecule has 5 rings (SSSR count). The molecule has 2 aliphatic heterocycles. The molecule has 3 heterocycles. The first-order valence-corrected chi connectivity index (χ1v) is 16.6. The fraction of sp³-hybridized carbons (Fsp3) is 0.519. The summed E-state index contributed by atoms with van der Waals surface area (Å²) in [5.74, 6) is -1.82. The molecule has 1 saturated carbocycles. The lowest BCUT2D eigenvalue weighted by Crippen LogP contribution is -2.58. The topological polar surface area (TPSA) is 119 Å². The van der Waals surface area contributed by atoms with E-state index in [1.165, 1.54) is 17.0 Å². The summed E-state index contributed by atoms with van der Waals surface area (Å²) >= 11 is 6.89. The Hall–Kier alpha value is -2.72. The number of hydrogen-bond donors (Lipinski definition) is 2. The number of nitrogens with zero attached hydrogens (tertiary/aromatic N) is 3. The van der Waals surface area contributed by atoms with Gasteiger partial charge in [0.25, 0.3) is 5.91 Å². The van der Waals surface area contributed by atoms with Crippen LogP contribution in [0.4, 0.5) is 18.9 Å². The van der Waals surface area contributed by atoms with E-state index < -0.39 is 62.7 Å². The third kappa shape index (κ3) is 7.33. The first kappa shape index (κ1) is 31.7. The van der Waals surface area contributed by atoms with E-state index in [0.717, 1.165) is 47.3 Å². The molecule has 2 aromatic rings. The van der Waals surface area contributed by atoms with Gasteiger partial charge in [0.2, 0.25) is 21.8 Å². The van der Waals surface area contributed by atoms with Crippen molar-refractivity contribution < 1.29 is 36.0 Å². The van der Waals surface area contributed by atoms with Crippen LogP contribution in [0.5, 0.6) is 0 Å². The highest BCUT2D eigenvalue weighted by atomic mass is 35.5. The van der Waals surface area contributed by atoms with Crippen LogP contribution in [0.1, 0.15) is 47.3 Å². The maximum atomic E-state index is 14.5. The summed E-state index contributed by atoms with van der Waals surface area (Å²) in [5, 5.41) is 2.51. The highest BCUT2D eigenvalue weighted by Gasteiger charge is 2.43. The van der Waals surface area contributed by atoms with Gasteiger partial charge in [-0.2, -0.15) is 17.9 Å². The predicted octanol–water partition coefficient (Wildman–Crippen LogP) is 3.32. The number of amides is 3. The SMILES string of the molecule is O=C(NC[C@H](NS(=O)(=O)c1cccc(N2CCCCC2=O)c1C(F)(F)F)C(=O)N1CCN(C2CC2)CC1)c1ccc(Cl)s1. The Kier molecular flexibility index (Phi) is 9.37. The molecule has 3 amide bonds. The zero-order valence-electron chi connectivity index (χ0n) is 23.0. The molecule has 16 heteroatoms. The van der Waals surface area contributed by atoms with Gasteiger partial charge in [-0.1, -0.05) is 17.7 Å². The Bertz CT molecular complexity index is 1490. The van der Waals surface area contributed by atoms with E-state index >= 15 is 0 Å². The smallest absolute Gasteiger partial charge is 0.349 e. The second-order valence-corrected chi connectivity index (χ2v) is 14.1. The lowest BCUT2D eigenvalue weighted by atomic mass is 10.1. The molecule has 1 aromatic heterocycles. The van der Waals surface area contributed by atoms with E-state index in [4.69, 9.17) is 11.6 Å². The van der Waals surface area contributed by atoms with Crippen LogP contribution < -0.4 is 14.9 Å². The molecule has 1 atom stereocenters. The van der Waals surface area contributed by atoms with Crippen molar-refractivity contribution in [2.45, 2.75) is 55.3 Å². The normalized spacial score (nSPS) is 19.4. The molecule has 2 saturated heterocycles. The number of alkyl halides is 3. The van der Waals surface area contributed by atoms with Crippen molar-refractivity contribution in [2.75, 3.05) is 44.2 Å². The molecule has 0 bridgehead atoms. The third-order valence-electron chi connectivity index (χ3n) is 7.74. The molecular formula is C27H31ClF3N5O5S2. The standard InChI is InChI=1S/C27H31ClF3N5O5S2/c28-22-10-9-20(42-22)25(38)32-16-18(26(39)35-14-12-34(13-15-35)17-7-8-17)33-43(40,41)21-5-3-4-19(24(21)27(29,30)31)36-11-2-1-6-23(36)37/h3-5,9-10,17-18,33H,1-2,6-8,11-16H2,(H,32,38)/t18-/m0/s1. The lowest BCUT2D eigenvalue weighted by Gasteiger charge is -2.36. The average molecular weight is 662 g/mol. The Morgan fingerprint density at radius 3 is 2.37 bits per heavy atom. The summed E-state index contributed by atoms with van der Waals surface area (Å²) in [5.41, 5.74) is -2.04. The number of rotatable bonds is 9. The van der Waals surface area contributed by atoms with Gasteiger partial charge in [0.15, 0.2) is 0 Å².